The molecule has 7 heteroatoms. The smallest absolute Gasteiger partial charge is 0.186 e. The van der Waals surface area contributed by atoms with Crippen LogP contribution in [0.3, 0.4) is 0 Å². The average molecular weight is 404 g/mol. The van der Waals surface area contributed by atoms with Gasteiger partial charge in [0.15, 0.2) is 5.65 Å². The van der Waals surface area contributed by atoms with Crippen molar-refractivity contribution in [1.29, 1.82) is 0 Å². The van der Waals surface area contributed by atoms with Crippen LogP contribution in [0, 0.1) is 5.82 Å². The third-order valence-electron chi connectivity index (χ3n) is 4.74. The number of benzene rings is 3. The number of hydrogen-bond donors (Lipinski definition) is 1. The van der Waals surface area contributed by atoms with Gasteiger partial charge in [-0.1, -0.05) is 41.1 Å². The molecule has 29 heavy (non-hydrogen) atoms. The van der Waals surface area contributed by atoms with E-state index in [1.807, 2.05) is 48.5 Å². The van der Waals surface area contributed by atoms with Gasteiger partial charge in [-0.25, -0.2) is 9.37 Å². The molecule has 0 unspecified atom stereocenters. The van der Waals surface area contributed by atoms with E-state index in [9.17, 15) is 4.39 Å². The molecule has 0 spiro atoms. The van der Waals surface area contributed by atoms with Crippen molar-refractivity contribution in [1.82, 2.24) is 19.8 Å². The van der Waals surface area contributed by atoms with E-state index < -0.39 is 0 Å². The second kappa shape index (κ2) is 7.14. The van der Waals surface area contributed by atoms with Gasteiger partial charge in [0.1, 0.15) is 17.3 Å². The molecule has 142 valence electrons. The van der Waals surface area contributed by atoms with E-state index in [1.165, 1.54) is 12.1 Å². The van der Waals surface area contributed by atoms with Gasteiger partial charge in [-0.2, -0.15) is 4.52 Å². The summed E-state index contributed by atoms with van der Waals surface area (Å²) in [6, 6.07) is 21.7. The normalized spacial score (nSPS) is 11.2. The molecule has 0 aliphatic carbocycles. The lowest BCUT2D eigenvalue weighted by molar-refractivity contribution is 0.628. The molecule has 0 saturated carbocycles. The molecule has 1 N–H and O–H groups in total. The predicted molar refractivity (Wildman–Crippen MR) is 112 cm³/mol. The van der Waals surface area contributed by atoms with Gasteiger partial charge in [0, 0.05) is 22.5 Å². The molecule has 0 saturated heterocycles. The van der Waals surface area contributed by atoms with Crippen molar-refractivity contribution in [3.05, 3.63) is 89.2 Å². The summed E-state index contributed by atoms with van der Waals surface area (Å²) in [6.45, 7) is 0.595. The van der Waals surface area contributed by atoms with E-state index in [0.29, 0.717) is 22.9 Å². The molecular weight excluding hydrogens is 389 g/mol. The van der Waals surface area contributed by atoms with Crippen molar-refractivity contribution in [2.45, 2.75) is 6.54 Å². The van der Waals surface area contributed by atoms with Crippen molar-refractivity contribution >= 4 is 34.0 Å². The molecule has 2 aromatic heterocycles. The minimum atomic E-state index is -0.297. The van der Waals surface area contributed by atoms with Gasteiger partial charge < -0.3 is 5.32 Å². The van der Waals surface area contributed by atoms with E-state index in [1.54, 1.807) is 16.6 Å². The number of rotatable bonds is 4. The van der Waals surface area contributed by atoms with Crippen molar-refractivity contribution in [3.8, 4) is 11.3 Å². The van der Waals surface area contributed by atoms with Gasteiger partial charge in [0.25, 0.3) is 0 Å². The van der Waals surface area contributed by atoms with Gasteiger partial charge in [0.05, 0.1) is 5.52 Å². The van der Waals surface area contributed by atoms with Crippen molar-refractivity contribution in [3.63, 3.8) is 0 Å². The van der Waals surface area contributed by atoms with Crippen LogP contribution in [0.25, 0.3) is 27.8 Å². The van der Waals surface area contributed by atoms with Crippen molar-refractivity contribution in [2.75, 3.05) is 5.32 Å². The summed E-state index contributed by atoms with van der Waals surface area (Å²) in [5.41, 5.74) is 3.94. The fraction of sp³-hybridized carbons (Fsp3) is 0.0455. The minimum Gasteiger partial charge on any atom is -0.365 e. The van der Waals surface area contributed by atoms with Crippen LogP contribution in [0.2, 0.25) is 5.02 Å². The highest BCUT2D eigenvalue weighted by atomic mass is 35.5. The van der Waals surface area contributed by atoms with E-state index in [2.05, 4.69) is 15.6 Å². The fourth-order valence-electron chi connectivity index (χ4n) is 3.28. The topological polar surface area (TPSA) is 55.1 Å². The van der Waals surface area contributed by atoms with Gasteiger partial charge in [-0.3, -0.25) is 0 Å². The lowest BCUT2D eigenvalue weighted by Crippen LogP contribution is -2.05. The maximum atomic E-state index is 13.3. The van der Waals surface area contributed by atoms with E-state index in [0.717, 1.165) is 27.8 Å². The van der Waals surface area contributed by atoms with Gasteiger partial charge in [0.2, 0.25) is 0 Å². The average Bonchev–Trinajstić information content (AvgIpc) is 3.18. The number of nitrogens with zero attached hydrogens (tertiary/aromatic N) is 4. The van der Waals surface area contributed by atoms with Gasteiger partial charge in [-0.15, -0.1) is 5.10 Å². The Hall–Kier alpha value is -3.51. The maximum absolute atomic E-state index is 13.3. The number of para-hydroxylation sites is 1. The van der Waals surface area contributed by atoms with Gasteiger partial charge >= 0.3 is 0 Å². The first-order valence-electron chi connectivity index (χ1n) is 9.07. The van der Waals surface area contributed by atoms with Crippen molar-refractivity contribution in [2.24, 2.45) is 0 Å². The summed E-state index contributed by atoms with van der Waals surface area (Å²) in [5, 5.41) is 13.6. The summed E-state index contributed by atoms with van der Waals surface area (Å²) >= 11 is 5.97. The molecular formula is C22H15ClFN5. The van der Waals surface area contributed by atoms with E-state index in [-0.39, 0.29) is 5.82 Å². The second-order valence-electron chi connectivity index (χ2n) is 6.64. The van der Waals surface area contributed by atoms with Crippen LogP contribution >= 0.6 is 11.6 Å². The lowest BCUT2D eigenvalue weighted by Gasteiger charge is -2.10. The Kier molecular flexibility index (Phi) is 4.33. The number of fused-ring (bicyclic) bond motifs is 3. The third-order valence-corrected chi connectivity index (χ3v) is 4.99. The van der Waals surface area contributed by atoms with Crippen LogP contribution in [-0.2, 0) is 6.54 Å². The zero-order valence-corrected chi connectivity index (χ0v) is 15.9. The highest BCUT2D eigenvalue weighted by Gasteiger charge is 2.15. The molecule has 5 nitrogen and oxygen atoms in total. The number of nitrogens with one attached hydrogen (secondary N) is 1. The Bertz CT molecular complexity index is 1310. The Morgan fingerprint density at radius 3 is 2.48 bits per heavy atom. The first-order valence-corrected chi connectivity index (χ1v) is 9.45. The highest BCUT2D eigenvalue weighted by Crippen LogP contribution is 2.28. The summed E-state index contributed by atoms with van der Waals surface area (Å²) in [5.74, 6) is 0.433. The number of anilines is 1. The quantitative estimate of drug-likeness (QED) is 0.439. The first kappa shape index (κ1) is 17.6. The lowest BCUT2D eigenvalue weighted by atomic mass is 10.1. The summed E-state index contributed by atoms with van der Waals surface area (Å²) in [6.07, 6.45) is 0. The number of halogens is 2. The minimum absolute atomic E-state index is 0.297. The molecule has 0 atom stereocenters. The molecule has 0 aliphatic heterocycles. The van der Waals surface area contributed by atoms with Gasteiger partial charge in [-0.05, 0) is 54.1 Å². The van der Waals surface area contributed by atoms with E-state index in [4.69, 9.17) is 16.6 Å². The van der Waals surface area contributed by atoms with Crippen LogP contribution < -0.4 is 5.32 Å². The molecule has 0 amide bonds. The molecule has 0 radical (unpaired) electrons. The zero-order valence-electron chi connectivity index (χ0n) is 15.2. The third kappa shape index (κ3) is 3.28. The standard InChI is InChI=1S/C22H15ClFN5/c23-16-9-5-14(6-10-16)13-25-21-18-3-1-2-4-19(18)29-22(26-21)20(27-28-29)15-7-11-17(24)12-8-15/h1-12H,13H2,(H,25,26). The Morgan fingerprint density at radius 2 is 1.69 bits per heavy atom. The Labute approximate surface area is 170 Å². The summed E-state index contributed by atoms with van der Waals surface area (Å²) in [7, 11) is 0. The van der Waals surface area contributed by atoms with Crippen molar-refractivity contribution < 1.29 is 4.39 Å². The molecule has 5 aromatic rings. The predicted octanol–water partition coefficient (Wildman–Crippen LogP) is 5.35. The largest absolute Gasteiger partial charge is 0.365 e. The molecule has 0 fully saturated rings. The Morgan fingerprint density at radius 1 is 0.931 bits per heavy atom. The summed E-state index contributed by atoms with van der Waals surface area (Å²) < 4.78 is 15.0. The molecule has 0 bridgehead atoms. The number of hydrogen-bond acceptors (Lipinski definition) is 4. The monoisotopic (exact) mass is 403 g/mol. The van der Waals surface area contributed by atoms with Crippen LogP contribution in [-0.4, -0.2) is 19.8 Å². The van der Waals surface area contributed by atoms with Crippen LogP contribution in [0.4, 0.5) is 10.2 Å². The maximum Gasteiger partial charge on any atom is 0.186 e. The molecule has 5 rings (SSSR count). The summed E-state index contributed by atoms with van der Waals surface area (Å²) in [4.78, 5) is 4.80. The first-order chi connectivity index (χ1) is 14.2. The number of aromatic nitrogens is 4. The Balaban J connectivity index is 1.62. The second-order valence-corrected chi connectivity index (χ2v) is 7.07. The van der Waals surface area contributed by atoms with Crippen LogP contribution in [0.15, 0.2) is 72.8 Å². The van der Waals surface area contributed by atoms with Crippen LogP contribution in [0.5, 0.6) is 0 Å². The van der Waals surface area contributed by atoms with Crippen LogP contribution in [0.1, 0.15) is 5.56 Å². The highest BCUT2D eigenvalue weighted by molar-refractivity contribution is 6.30. The fourth-order valence-corrected chi connectivity index (χ4v) is 3.41. The molecule has 0 aliphatic rings. The SMILES string of the molecule is Fc1ccc(-c2nnn3c2nc(NCc2ccc(Cl)cc2)c2ccccc23)cc1. The van der Waals surface area contributed by atoms with E-state index >= 15 is 0 Å². The molecule has 3 aromatic carbocycles. The zero-order chi connectivity index (χ0) is 19.8. The molecule has 2 heterocycles.